The summed E-state index contributed by atoms with van der Waals surface area (Å²) in [5.41, 5.74) is 2.39. The molecule has 4 heteroatoms. The van der Waals surface area contributed by atoms with Crippen molar-refractivity contribution in [3.05, 3.63) is 17.7 Å². The minimum atomic E-state index is 0.178. The Labute approximate surface area is 115 Å². The van der Waals surface area contributed by atoms with Crippen LogP contribution in [0.2, 0.25) is 0 Å². The van der Waals surface area contributed by atoms with Crippen LogP contribution < -0.4 is 0 Å². The maximum absolute atomic E-state index is 12.5. The van der Waals surface area contributed by atoms with E-state index in [9.17, 15) is 4.79 Å². The van der Waals surface area contributed by atoms with Crippen LogP contribution in [0.15, 0.2) is 6.33 Å². The van der Waals surface area contributed by atoms with Gasteiger partial charge in [0.15, 0.2) is 0 Å². The largest absolute Gasteiger partial charge is 0.336 e. The lowest BCUT2D eigenvalue weighted by Crippen LogP contribution is -2.40. The highest BCUT2D eigenvalue weighted by Gasteiger charge is 2.28. The first kappa shape index (κ1) is 14.1. The van der Waals surface area contributed by atoms with Crippen molar-refractivity contribution in [2.45, 2.75) is 59.5 Å². The number of nitrogens with zero attached hydrogens (tertiary/aromatic N) is 3. The quantitative estimate of drug-likeness (QED) is 0.837. The Kier molecular flexibility index (Phi) is 4.27. The summed E-state index contributed by atoms with van der Waals surface area (Å²) >= 11 is 0. The van der Waals surface area contributed by atoms with Gasteiger partial charge in [-0.1, -0.05) is 13.8 Å². The van der Waals surface area contributed by atoms with Gasteiger partial charge in [-0.3, -0.25) is 4.79 Å². The van der Waals surface area contributed by atoms with Crippen molar-refractivity contribution >= 4 is 5.91 Å². The number of aromatic nitrogens is 2. The molecule has 1 aromatic heterocycles. The molecule has 106 valence electrons. The van der Waals surface area contributed by atoms with E-state index in [0.29, 0.717) is 11.9 Å². The molecule has 0 N–H and O–H groups in total. The molecule has 0 saturated heterocycles. The summed E-state index contributed by atoms with van der Waals surface area (Å²) in [5, 5.41) is 0. The zero-order valence-corrected chi connectivity index (χ0v) is 12.5. The van der Waals surface area contributed by atoms with Gasteiger partial charge in [-0.15, -0.1) is 0 Å². The molecule has 0 aromatic carbocycles. The molecule has 2 heterocycles. The minimum absolute atomic E-state index is 0.178. The monoisotopic (exact) mass is 263 g/mol. The van der Waals surface area contributed by atoms with Gasteiger partial charge in [0.1, 0.15) is 0 Å². The van der Waals surface area contributed by atoms with E-state index in [2.05, 4.69) is 37.2 Å². The van der Waals surface area contributed by atoms with Gasteiger partial charge < -0.3 is 9.47 Å². The van der Waals surface area contributed by atoms with E-state index in [1.165, 1.54) is 11.4 Å². The fourth-order valence-electron chi connectivity index (χ4n) is 2.84. The Morgan fingerprint density at radius 3 is 2.63 bits per heavy atom. The summed E-state index contributed by atoms with van der Waals surface area (Å²) in [6.07, 6.45) is 4.67. The van der Waals surface area contributed by atoms with Gasteiger partial charge >= 0.3 is 0 Å². The van der Waals surface area contributed by atoms with Crippen LogP contribution in [0.4, 0.5) is 0 Å². The van der Waals surface area contributed by atoms with Crippen LogP contribution in [0.1, 0.15) is 58.0 Å². The third kappa shape index (κ3) is 2.67. The van der Waals surface area contributed by atoms with Gasteiger partial charge in [0.05, 0.1) is 24.3 Å². The van der Waals surface area contributed by atoms with Crippen LogP contribution in [-0.2, 0) is 17.8 Å². The summed E-state index contributed by atoms with van der Waals surface area (Å²) in [5.74, 6) is 0.490. The second-order valence-electron chi connectivity index (χ2n) is 5.66. The van der Waals surface area contributed by atoms with Crippen LogP contribution in [0.5, 0.6) is 0 Å². The van der Waals surface area contributed by atoms with E-state index in [1.807, 2.05) is 11.2 Å². The molecule has 0 fully saturated rings. The van der Waals surface area contributed by atoms with Crippen molar-refractivity contribution in [3.63, 3.8) is 0 Å². The molecule has 1 amide bonds. The summed E-state index contributed by atoms with van der Waals surface area (Å²) in [6.45, 7) is 10.0. The first-order valence-electron chi connectivity index (χ1n) is 7.41. The van der Waals surface area contributed by atoms with Gasteiger partial charge in [0, 0.05) is 24.9 Å². The van der Waals surface area contributed by atoms with Gasteiger partial charge in [-0.05, 0) is 26.7 Å². The predicted molar refractivity (Wildman–Crippen MR) is 75.8 cm³/mol. The molecule has 0 spiro atoms. The van der Waals surface area contributed by atoms with Crippen molar-refractivity contribution in [2.75, 3.05) is 6.54 Å². The van der Waals surface area contributed by atoms with E-state index in [1.54, 1.807) is 0 Å². The molecule has 0 saturated carbocycles. The van der Waals surface area contributed by atoms with Crippen LogP contribution in [0.3, 0.4) is 0 Å². The molecule has 1 aliphatic rings. The number of hydrogen-bond acceptors (Lipinski definition) is 2. The lowest BCUT2D eigenvalue weighted by atomic mass is 10.00. The Balaban J connectivity index is 2.17. The Bertz CT molecular complexity index is 446. The summed E-state index contributed by atoms with van der Waals surface area (Å²) in [4.78, 5) is 19.0. The van der Waals surface area contributed by atoms with E-state index in [-0.39, 0.29) is 5.92 Å². The lowest BCUT2D eigenvalue weighted by molar-refractivity contribution is -0.136. The minimum Gasteiger partial charge on any atom is -0.336 e. The number of rotatable bonds is 4. The highest BCUT2D eigenvalue weighted by molar-refractivity contribution is 5.79. The Morgan fingerprint density at radius 2 is 2.05 bits per heavy atom. The van der Waals surface area contributed by atoms with Crippen LogP contribution in [0.25, 0.3) is 0 Å². The lowest BCUT2D eigenvalue weighted by Gasteiger charge is -2.31. The average molecular weight is 263 g/mol. The average Bonchev–Trinajstić information content (AvgIpc) is 2.82. The Hall–Kier alpha value is -1.32. The first-order valence-corrected chi connectivity index (χ1v) is 7.41. The molecule has 19 heavy (non-hydrogen) atoms. The Morgan fingerprint density at radius 1 is 1.37 bits per heavy atom. The zero-order valence-electron chi connectivity index (χ0n) is 12.5. The molecule has 0 unspecified atom stereocenters. The van der Waals surface area contributed by atoms with Crippen LogP contribution in [0, 0.1) is 5.92 Å². The van der Waals surface area contributed by atoms with E-state index in [4.69, 9.17) is 0 Å². The molecule has 0 atom stereocenters. The van der Waals surface area contributed by atoms with Crippen molar-refractivity contribution in [1.82, 2.24) is 14.5 Å². The van der Waals surface area contributed by atoms with E-state index < -0.39 is 0 Å². The number of fused-ring (bicyclic) bond motifs is 1. The second-order valence-corrected chi connectivity index (χ2v) is 5.66. The first-order chi connectivity index (χ1) is 9.08. The normalized spacial score (nSPS) is 15.2. The third-order valence-corrected chi connectivity index (χ3v) is 4.14. The topological polar surface area (TPSA) is 38.1 Å². The van der Waals surface area contributed by atoms with E-state index >= 15 is 0 Å². The molecule has 0 radical (unpaired) electrons. The van der Waals surface area contributed by atoms with Crippen molar-refractivity contribution in [3.8, 4) is 0 Å². The smallest absolute Gasteiger partial charge is 0.226 e. The standard InChI is InChI=1S/C15H25N3O/c1-5-12(6-2)15(19)17-8-7-13-14(9-17)18(10-16-13)11(3)4/h10-12H,5-9H2,1-4H3. The number of hydrogen-bond donors (Lipinski definition) is 0. The van der Waals surface area contributed by atoms with Gasteiger partial charge in [-0.2, -0.15) is 0 Å². The molecule has 1 aromatic rings. The zero-order chi connectivity index (χ0) is 14.0. The highest BCUT2D eigenvalue weighted by atomic mass is 16.2. The van der Waals surface area contributed by atoms with Crippen molar-refractivity contribution in [2.24, 2.45) is 5.92 Å². The maximum Gasteiger partial charge on any atom is 0.226 e. The molecule has 2 rings (SSSR count). The third-order valence-electron chi connectivity index (χ3n) is 4.14. The van der Waals surface area contributed by atoms with Gasteiger partial charge in [-0.25, -0.2) is 4.98 Å². The fraction of sp³-hybridized carbons (Fsp3) is 0.733. The SMILES string of the molecule is CCC(CC)C(=O)N1CCc2ncn(C(C)C)c2C1. The molecular formula is C15H25N3O. The summed E-state index contributed by atoms with van der Waals surface area (Å²) in [6, 6.07) is 0.402. The van der Waals surface area contributed by atoms with E-state index in [0.717, 1.165) is 32.4 Å². The maximum atomic E-state index is 12.5. The molecule has 4 nitrogen and oxygen atoms in total. The van der Waals surface area contributed by atoms with Crippen molar-refractivity contribution in [1.29, 1.82) is 0 Å². The van der Waals surface area contributed by atoms with Crippen molar-refractivity contribution < 1.29 is 4.79 Å². The molecule has 0 aliphatic carbocycles. The van der Waals surface area contributed by atoms with Crippen LogP contribution >= 0.6 is 0 Å². The molecule has 1 aliphatic heterocycles. The van der Waals surface area contributed by atoms with Gasteiger partial charge in [0.2, 0.25) is 5.91 Å². The summed E-state index contributed by atoms with van der Waals surface area (Å²) in [7, 11) is 0. The highest BCUT2D eigenvalue weighted by Crippen LogP contribution is 2.23. The fourth-order valence-corrected chi connectivity index (χ4v) is 2.84. The number of imidazole rings is 1. The predicted octanol–water partition coefficient (Wildman–Crippen LogP) is 2.78. The molecule has 0 bridgehead atoms. The molecular weight excluding hydrogens is 238 g/mol. The number of carbonyl (C=O) groups excluding carboxylic acids is 1. The van der Waals surface area contributed by atoms with Gasteiger partial charge in [0.25, 0.3) is 0 Å². The summed E-state index contributed by atoms with van der Waals surface area (Å²) < 4.78 is 2.20. The number of carbonyl (C=O) groups is 1. The number of amides is 1. The second kappa shape index (κ2) is 5.76. The van der Waals surface area contributed by atoms with Crippen LogP contribution in [-0.4, -0.2) is 26.9 Å².